The van der Waals surface area contributed by atoms with Crippen LogP contribution in [0.5, 0.6) is 0 Å². The Labute approximate surface area is 82.3 Å². The van der Waals surface area contributed by atoms with Gasteiger partial charge in [0.25, 0.3) is 0 Å². The fraction of sp³-hybridized carbons (Fsp3) is 0.556. The van der Waals surface area contributed by atoms with Gasteiger partial charge in [0.05, 0.1) is 6.04 Å². The molecule has 1 fully saturated rings. The third-order valence-corrected chi connectivity index (χ3v) is 2.06. The number of amides is 1. The van der Waals surface area contributed by atoms with E-state index in [1.165, 1.54) is 4.90 Å². The fourth-order valence-corrected chi connectivity index (χ4v) is 1.18. The van der Waals surface area contributed by atoms with Gasteiger partial charge in [-0.3, -0.25) is 4.90 Å². The number of carbonyl (C=O) groups excluding carboxylic acids is 2. The van der Waals surface area contributed by atoms with Gasteiger partial charge in [-0.2, -0.15) is 0 Å². The highest BCUT2D eigenvalue weighted by molar-refractivity contribution is 5.81. The highest BCUT2D eigenvalue weighted by atomic mass is 16.6. The number of hydrogen-bond donors (Lipinski definition) is 0. The van der Waals surface area contributed by atoms with E-state index in [2.05, 4.69) is 6.58 Å². The van der Waals surface area contributed by atoms with Crippen LogP contribution in [0.2, 0.25) is 0 Å². The van der Waals surface area contributed by atoms with Crippen molar-refractivity contribution in [1.29, 1.82) is 0 Å². The molecule has 5 heteroatoms. The predicted molar refractivity (Wildman–Crippen MR) is 48.4 cm³/mol. The van der Waals surface area contributed by atoms with Crippen LogP contribution in [0.4, 0.5) is 4.79 Å². The zero-order valence-electron chi connectivity index (χ0n) is 8.06. The molecular formula is C9H13NO4. The van der Waals surface area contributed by atoms with Crippen molar-refractivity contribution in [3.63, 3.8) is 0 Å². The van der Waals surface area contributed by atoms with E-state index in [-0.39, 0.29) is 12.8 Å². The van der Waals surface area contributed by atoms with Crippen LogP contribution in [0.15, 0.2) is 12.7 Å². The van der Waals surface area contributed by atoms with Crippen LogP contribution in [-0.4, -0.2) is 36.3 Å². The molecule has 1 atom stereocenters. The molecule has 0 bridgehead atoms. The summed E-state index contributed by atoms with van der Waals surface area (Å²) in [6.45, 7) is 5.49. The number of carbonyl (C=O) groups is 2. The number of nitrogens with zero attached hydrogens (tertiary/aromatic N) is 1. The summed E-state index contributed by atoms with van der Waals surface area (Å²) in [4.78, 5) is 23.3. The number of ether oxygens (including phenoxy) is 2. The molecule has 0 aromatic heterocycles. The summed E-state index contributed by atoms with van der Waals surface area (Å²) >= 11 is 0. The molecule has 1 amide bonds. The van der Waals surface area contributed by atoms with Gasteiger partial charge in [0, 0.05) is 6.08 Å². The zero-order chi connectivity index (χ0) is 10.6. The van der Waals surface area contributed by atoms with Gasteiger partial charge in [-0.05, 0) is 6.42 Å². The molecule has 78 valence electrons. The molecule has 1 rings (SSSR count). The average molecular weight is 199 g/mol. The summed E-state index contributed by atoms with van der Waals surface area (Å²) in [6, 6.07) is 0.000107. The van der Waals surface area contributed by atoms with E-state index in [9.17, 15) is 9.59 Å². The molecule has 0 radical (unpaired) electrons. The van der Waals surface area contributed by atoms with E-state index in [4.69, 9.17) is 9.47 Å². The number of esters is 1. The topological polar surface area (TPSA) is 55.8 Å². The first-order valence-corrected chi connectivity index (χ1v) is 4.41. The van der Waals surface area contributed by atoms with Gasteiger partial charge in [0.15, 0.2) is 6.73 Å². The Morgan fingerprint density at radius 3 is 3.14 bits per heavy atom. The molecule has 0 spiro atoms. The summed E-state index contributed by atoms with van der Waals surface area (Å²) < 4.78 is 9.55. The summed E-state index contributed by atoms with van der Waals surface area (Å²) in [5.74, 6) is -0.542. The first-order chi connectivity index (χ1) is 6.69. The lowest BCUT2D eigenvalue weighted by molar-refractivity contribution is -0.141. The van der Waals surface area contributed by atoms with Gasteiger partial charge in [0.1, 0.15) is 6.61 Å². The van der Waals surface area contributed by atoms with E-state index in [0.29, 0.717) is 6.61 Å². The van der Waals surface area contributed by atoms with E-state index in [1.807, 2.05) is 6.92 Å². The summed E-state index contributed by atoms with van der Waals surface area (Å²) in [7, 11) is 0. The van der Waals surface area contributed by atoms with Gasteiger partial charge < -0.3 is 9.47 Å². The number of cyclic esters (lactones) is 1. The van der Waals surface area contributed by atoms with Gasteiger partial charge >= 0.3 is 12.1 Å². The molecule has 0 aromatic rings. The Kier molecular flexibility index (Phi) is 3.50. The van der Waals surface area contributed by atoms with Crippen LogP contribution in [0, 0.1) is 0 Å². The minimum absolute atomic E-state index is 0.000107. The molecule has 0 aliphatic carbocycles. The van der Waals surface area contributed by atoms with Crippen LogP contribution in [0.1, 0.15) is 13.3 Å². The second-order valence-electron chi connectivity index (χ2n) is 2.91. The lowest BCUT2D eigenvalue weighted by atomic mass is 10.2. The smallest absolute Gasteiger partial charge is 0.412 e. The maximum absolute atomic E-state index is 11.1. The molecule has 5 nitrogen and oxygen atoms in total. The quantitative estimate of drug-likeness (QED) is 0.498. The fourth-order valence-electron chi connectivity index (χ4n) is 1.18. The molecule has 0 aromatic carbocycles. The second kappa shape index (κ2) is 4.64. The maximum atomic E-state index is 11.1. The van der Waals surface area contributed by atoms with Gasteiger partial charge in [-0.15, -0.1) is 0 Å². The second-order valence-corrected chi connectivity index (χ2v) is 2.91. The molecule has 1 aliphatic rings. The van der Waals surface area contributed by atoms with Crippen LogP contribution >= 0.6 is 0 Å². The maximum Gasteiger partial charge on any atom is 0.412 e. The molecule has 1 saturated heterocycles. The normalized spacial score (nSPS) is 20.5. The molecule has 0 saturated carbocycles. The van der Waals surface area contributed by atoms with Crippen LogP contribution in [0.25, 0.3) is 0 Å². The standard InChI is InChI=1S/C9H13NO4/c1-3-7-5-13-9(12)10(7)6-14-8(11)4-2/h4,7H,2-3,5-6H2,1H3. The van der Waals surface area contributed by atoms with Crippen molar-refractivity contribution in [3.8, 4) is 0 Å². The Morgan fingerprint density at radius 1 is 1.86 bits per heavy atom. The van der Waals surface area contributed by atoms with Crippen molar-refractivity contribution in [2.24, 2.45) is 0 Å². The highest BCUT2D eigenvalue weighted by Crippen LogP contribution is 2.14. The molecule has 1 aliphatic heterocycles. The Bertz CT molecular complexity index is 251. The minimum Gasteiger partial charge on any atom is -0.447 e. The molecule has 1 heterocycles. The van der Waals surface area contributed by atoms with E-state index in [0.717, 1.165) is 12.5 Å². The molecular weight excluding hydrogens is 186 g/mol. The largest absolute Gasteiger partial charge is 0.447 e. The summed E-state index contributed by atoms with van der Waals surface area (Å²) in [6.07, 6.45) is 1.40. The Morgan fingerprint density at radius 2 is 2.57 bits per heavy atom. The number of rotatable bonds is 4. The van der Waals surface area contributed by atoms with Crippen LogP contribution in [-0.2, 0) is 14.3 Å². The van der Waals surface area contributed by atoms with E-state index in [1.54, 1.807) is 0 Å². The van der Waals surface area contributed by atoms with Crippen molar-refractivity contribution < 1.29 is 19.1 Å². The lowest BCUT2D eigenvalue weighted by Crippen LogP contribution is -2.35. The molecule has 1 unspecified atom stereocenters. The zero-order valence-corrected chi connectivity index (χ0v) is 8.06. The van der Waals surface area contributed by atoms with E-state index >= 15 is 0 Å². The molecule has 14 heavy (non-hydrogen) atoms. The molecule has 0 N–H and O–H groups in total. The van der Waals surface area contributed by atoms with Crippen molar-refractivity contribution in [3.05, 3.63) is 12.7 Å². The minimum atomic E-state index is -0.542. The third kappa shape index (κ3) is 2.25. The van der Waals surface area contributed by atoms with E-state index < -0.39 is 12.1 Å². The van der Waals surface area contributed by atoms with Gasteiger partial charge in [-0.1, -0.05) is 13.5 Å². The monoisotopic (exact) mass is 199 g/mol. The number of hydrogen-bond acceptors (Lipinski definition) is 4. The van der Waals surface area contributed by atoms with Crippen molar-refractivity contribution >= 4 is 12.1 Å². The first-order valence-electron chi connectivity index (χ1n) is 4.41. The third-order valence-electron chi connectivity index (χ3n) is 2.06. The predicted octanol–water partition coefficient (Wildman–Crippen LogP) is 0.904. The van der Waals surface area contributed by atoms with Gasteiger partial charge in [-0.25, -0.2) is 9.59 Å². The summed E-state index contributed by atoms with van der Waals surface area (Å²) in [5.41, 5.74) is 0. The first kappa shape index (κ1) is 10.6. The average Bonchev–Trinajstić information content (AvgIpc) is 2.55. The van der Waals surface area contributed by atoms with Crippen LogP contribution < -0.4 is 0 Å². The highest BCUT2D eigenvalue weighted by Gasteiger charge is 2.32. The van der Waals surface area contributed by atoms with Gasteiger partial charge in [0.2, 0.25) is 0 Å². The SMILES string of the molecule is C=CC(=O)OCN1C(=O)OCC1CC. The van der Waals surface area contributed by atoms with Crippen LogP contribution in [0.3, 0.4) is 0 Å². The van der Waals surface area contributed by atoms with Crippen molar-refractivity contribution in [2.45, 2.75) is 19.4 Å². The van der Waals surface area contributed by atoms with Crippen molar-refractivity contribution in [1.82, 2.24) is 4.90 Å². The Balaban J connectivity index is 2.44. The Hall–Kier alpha value is -1.52. The lowest BCUT2D eigenvalue weighted by Gasteiger charge is -2.18. The van der Waals surface area contributed by atoms with Crippen molar-refractivity contribution in [2.75, 3.05) is 13.3 Å². The summed E-state index contributed by atoms with van der Waals surface area (Å²) in [5, 5.41) is 0.